The van der Waals surface area contributed by atoms with Crippen molar-refractivity contribution in [1.29, 1.82) is 0 Å². The van der Waals surface area contributed by atoms with Crippen LogP contribution in [0, 0.1) is 0 Å². The van der Waals surface area contributed by atoms with E-state index in [4.69, 9.17) is 9.47 Å². The molecular weight excluding hydrogens is 234 g/mol. The van der Waals surface area contributed by atoms with E-state index in [0.29, 0.717) is 6.54 Å². The van der Waals surface area contributed by atoms with Gasteiger partial charge >= 0.3 is 6.09 Å². The largest absolute Gasteiger partial charge is 0.420 e. The summed E-state index contributed by atoms with van der Waals surface area (Å²) in [4.78, 5) is 21.2. The zero-order chi connectivity index (χ0) is 13.1. The number of methoxy groups -OCH3 is 1. The molecule has 2 heterocycles. The summed E-state index contributed by atoms with van der Waals surface area (Å²) in [6, 6.07) is -0.0171. The number of nitrogens with one attached hydrogen (secondary N) is 1. The van der Waals surface area contributed by atoms with Crippen LogP contribution in [-0.2, 0) is 15.9 Å². The molecule has 2 unspecified atom stereocenters. The summed E-state index contributed by atoms with van der Waals surface area (Å²) >= 11 is 0. The van der Waals surface area contributed by atoms with Crippen molar-refractivity contribution in [1.82, 2.24) is 14.9 Å². The third-order valence-electron chi connectivity index (χ3n) is 3.27. The minimum absolute atomic E-state index is 0.0171. The van der Waals surface area contributed by atoms with Crippen LogP contribution >= 0.6 is 0 Å². The lowest BCUT2D eigenvalue weighted by molar-refractivity contribution is -0.0815. The van der Waals surface area contributed by atoms with Gasteiger partial charge < -0.3 is 14.5 Å². The van der Waals surface area contributed by atoms with Gasteiger partial charge in [-0.2, -0.15) is 0 Å². The molecule has 0 saturated heterocycles. The first-order valence-corrected chi connectivity index (χ1v) is 6.19. The van der Waals surface area contributed by atoms with Crippen LogP contribution in [0.15, 0.2) is 6.33 Å². The lowest BCUT2D eigenvalue weighted by Gasteiger charge is -2.34. The number of carbonyl (C=O) groups is 1. The fraction of sp³-hybridized carbons (Fsp3) is 0.667. The first kappa shape index (κ1) is 12.9. The third kappa shape index (κ3) is 2.33. The lowest BCUT2D eigenvalue weighted by atomic mass is 10.0. The summed E-state index contributed by atoms with van der Waals surface area (Å²) < 4.78 is 10.1. The van der Waals surface area contributed by atoms with Gasteiger partial charge in [-0.05, 0) is 13.3 Å². The normalized spacial score (nSPS) is 20.4. The zero-order valence-corrected chi connectivity index (χ0v) is 11.0. The maximum atomic E-state index is 12.1. The molecule has 1 aromatic rings. The number of fused-ring (bicyclic) bond motifs is 1. The van der Waals surface area contributed by atoms with Crippen molar-refractivity contribution < 1.29 is 14.3 Å². The lowest BCUT2D eigenvalue weighted by Crippen LogP contribution is -2.41. The van der Waals surface area contributed by atoms with E-state index in [1.807, 2.05) is 6.92 Å². The van der Waals surface area contributed by atoms with Gasteiger partial charge in [-0.15, -0.1) is 0 Å². The number of imidazole rings is 1. The molecule has 0 spiro atoms. The SMILES string of the molecule is CCC1c2nc[nH]c2CCN1C(=O)OC(C)OC. The van der Waals surface area contributed by atoms with Gasteiger partial charge in [0.25, 0.3) is 0 Å². The molecule has 1 aliphatic heterocycles. The van der Waals surface area contributed by atoms with E-state index in [2.05, 4.69) is 9.97 Å². The molecule has 6 heteroatoms. The average molecular weight is 253 g/mol. The van der Waals surface area contributed by atoms with Crippen molar-refractivity contribution in [3.05, 3.63) is 17.7 Å². The van der Waals surface area contributed by atoms with E-state index in [1.165, 1.54) is 7.11 Å². The Morgan fingerprint density at radius 2 is 2.50 bits per heavy atom. The summed E-state index contributed by atoms with van der Waals surface area (Å²) in [5.41, 5.74) is 2.07. The maximum Gasteiger partial charge on any atom is 0.412 e. The van der Waals surface area contributed by atoms with E-state index >= 15 is 0 Å². The van der Waals surface area contributed by atoms with Crippen molar-refractivity contribution in [2.75, 3.05) is 13.7 Å². The first-order chi connectivity index (χ1) is 8.67. The second-order valence-corrected chi connectivity index (χ2v) is 4.32. The number of aromatic amines is 1. The van der Waals surface area contributed by atoms with Crippen LogP contribution in [0.25, 0.3) is 0 Å². The fourth-order valence-corrected chi connectivity index (χ4v) is 2.24. The van der Waals surface area contributed by atoms with Crippen LogP contribution in [0.3, 0.4) is 0 Å². The van der Waals surface area contributed by atoms with Crippen LogP contribution in [0.1, 0.15) is 37.7 Å². The van der Waals surface area contributed by atoms with Crippen molar-refractivity contribution in [2.45, 2.75) is 39.0 Å². The molecule has 0 saturated carbocycles. The smallest absolute Gasteiger partial charge is 0.412 e. The molecule has 0 bridgehead atoms. The minimum atomic E-state index is -0.532. The van der Waals surface area contributed by atoms with Crippen LogP contribution in [0.2, 0.25) is 0 Å². The molecular formula is C12H19N3O3. The van der Waals surface area contributed by atoms with Crippen LogP contribution in [0.5, 0.6) is 0 Å². The molecule has 100 valence electrons. The van der Waals surface area contributed by atoms with Crippen molar-refractivity contribution in [2.24, 2.45) is 0 Å². The third-order valence-corrected chi connectivity index (χ3v) is 3.27. The van der Waals surface area contributed by atoms with E-state index in [1.54, 1.807) is 18.2 Å². The van der Waals surface area contributed by atoms with Crippen LogP contribution in [-0.4, -0.2) is 40.9 Å². The monoisotopic (exact) mass is 253 g/mol. The van der Waals surface area contributed by atoms with E-state index in [-0.39, 0.29) is 12.1 Å². The minimum Gasteiger partial charge on any atom is -0.420 e. The Morgan fingerprint density at radius 1 is 1.72 bits per heavy atom. The van der Waals surface area contributed by atoms with E-state index < -0.39 is 6.29 Å². The molecule has 0 radical (unpaired) electrons. The molecule has 0 aliphatic carbocycles. The summed E-state index contributed by atoms with van der Waals surface area (Å²) in [6.45, 7) is 4.38. The van der Waals surface area contributed by atoms with Gasteiger partial charge in [0.1, 0.15) is 0 Å². The van der Waals surface area contributed by atoms with Gasteiger partial charge in [-0.3, -0.25) is 4.90 Å². The van der Waals surface area contributed by atoms with Crippen molar-refractivity contribution in [3.8, 4) is 0 Å². The molecule has 0 fully saturated rings. The molecule has 18 heavy (non-hydrogen) atoms. The van der Waals surface area contributed by atoms with Gasteiger partial charge in [0.15, 0.2) is 0 Å². The quantitative estimate of drug-likeness (QED) is 0.835. The number of carbonyl (C=O) groups excluding carboxylic acids is 1. The molecule has 1 amide bonds. The van der Waals surface area contributed by atoms with Crippen molar-refractivity contribution in [3.63, 3.8) is 0 Å². The fourth-order valence-electron chi connectivity index (χ4n) is 2.24. The van der Waals surface area contributed by atoms with Gasteiger partial charge in [0, 0.05) is 25.8 Å². The zero-order valence-electron chi connectivity index (χ0n) is 11.0. The number of rotatable bonds is 3. The molecule has 1 N–H and O–H groups in total. The Balaban J connectivity index is 2.12. The number of hydrogen-bond acceptors (Lipinski definition) is 4. The first-order valence-electron chi connectivity index (χ1n) is 6.19. The predicted octanol–water partition coefficient (Wildman–Crippen LogP) is 1.85. The summed E-state index contributed by atoms with van der Waals surface area (Å²) in [6.07, 6.45) is 2.40. The number of ether oxygens (including phenoxy) is 2. The Bertz CT molecular complexity index is 418. The number of H-pyrrole nitrogens is 1. The van der Waals surface area contributed by atoms with Crippen molar-refractivity contribution >= 4 is 6.09 Å². The molecule has 1 aromatic heterocycles. The molecule has 2 atom stereocenters. The topological polar surface area (TPSA) is 67.5 Å². The van der Waals surface area contributed by atoms with Gasteiger partial charge in [-0.1, -0.05) is 6.92 Å². The average Bonchev–Trinajstić information content (AvgIpc) is 2.85. The van der Waals surface area contributed by atoms with Gasteiger partial charge in [0.2, 0.25) is 6.29 Å². The Hall–Kier alpha value is -1.56. The molecule has 6 nitrogen and oxygen atoms in total. The number of nitrogens with zero attached hydrogens (tertiary/aromatic N) is 2. The Morgan fingerprint density at radius 3 is 3.17 bits per heavy atom. The predicted molar refractivity (Wildman–Crippen MR) is 65.0 cm³/mol. The van der Waals surface area contributed by atoms with E-state index in [0.717, 1.165) is 24.2 Å². The Labute approximate surface area is 106 Å². The van der Waals surface area contributed by atoms with E-state index in [9.17, 15) is 4.79 Å². The number of aromatic nitrogens is 2. The second kappa shape index (κ2) is 5.39. The highest BCUT2D eigenvalue weighted by Crippen LogP contribution is 2.30. The molecule has 0 aromatic carbocycles. The number of amides is 1. The summed E-state index contributed by atoms with van der Waals surface area (Å²) in [7, 11) is 1.51. The maximum absolute atomic E-state index is 12.1. The van der Waals surface area contributed by atoms with Crippen LogP contribution in [0.4, 0.5) is 4.79 Å². The van der Waals surface area contributed by atoms with Gasteiger partial charge in [0.05, 0.1) is 18.1 Å². The standard InChI is InChI=1S/C12H19N3O3/c1-4-10-11-9(13-7-14-11)5-6-15(10)12(16)18-8(2)17-3/h7-8,10H,4-6H2,1-3H3,(H,13,14). The second-order valence-electron chi connectivity index (χ2n) is 4.32. The molecule has 2 rings (SSSR count). The number of hydrogen-bond donors (Lipinski definition) is 1. The highest BCUT2D eigenvalue weighted by atomic mass is 16.7. The highest BCUT2D eigenvalue weighted by Gasteiger charge is 2.33. The summed E-state index contributed by atoms with van der Waals surface area (Å²) in [5, 5.41) is 0. The summed E-state index contributed by atoms with van der Waals surface area (Å²) in [5.74, 6) is 0. The van der Waals surface area contributed by atoms with Gasteiger partial charge in [-0.25, -0.2) is 9.78 Å². The molecule has 1 aliphatic rings. The highest BCUT2D eigenvalue weighted by molar-refractivity contribution is 5.68. The Kier molecular flexibility index (Phi) is 3.86. The van der Waals surface area contributed by atoms with Crippen LogP contribution < -0.4 is 0 Å².